The van der Waals surface area contributed by atoms with E-state index >= 15 is 0 Å². The van der Waals surface area contributed by atoms with E-state index in [1.807, 2.05) is 60.2 Å². The number of pyridine rings is 1. The second-order valence-corrected chi connectivity index (χ2v) is 24.8. The van der Waals surface area contributed by atoms with Crippen LogP contribution in [-0.2, 0) is 37.3 Å². The predicted octanol–water partition coefficient (Wildman–Crippen LogP) is 21.2. The Hall–Kier alpha value is -8.76. The minimum atomic E-state index is -0.286. The Kier molecular flexibility index (Phi) is 13.7. The Morgan fingerprint density at radius 2 is 1.00 bits per heavy atom. The SMILES string of the molecule is [2H]c1c(Oc2[c-]c3c(cc2)c2cc(-c4ccc(C(C)(C)C)cc4)ccc2n3-c2cc(C(C)(C)C)c(-c3ccccc3)cn2)[c-]c(N2[CH-]N(c3c(-c4ccc(C(C)(C)C)cc4)cccc3-c3cccc(-c4ccccc4)c3)c3ccccc32)c([2H])c1[2H].[Pt]. The summed E-state index contributed by atoms with van der Waals surface area (Å²) in [5, 5.41) is 1.97. The third-order valence-electron chi connectivity index (χ3n) is 16.0. The molecule has 6 heteroatoms. The van der Waals surface area contributed by atoms with Crippen LogP contribution < -0.4 is 14.5 Å². The van der Waals surface area contributed by atoms with Crippen LogP contribution in [-0.4, -0.2) is 9.55 Å². The van der Waals surface area contributed by atoms with E-state index in [1.54, 1.807) is 0 Å². The van der Waals surface area contributed by atoms with Gasteiger partial charge in [0.05, 0.1) is 0 Å². The number of benzene rings is 10. The zero-order chi connectivity index (χ0) is 59.8. The number of hydrogen-bond acceptors (Lipinski definition) is 4. The first-order valence-corrected chi connectivity index (χ1v) is 28.6. The van der Waals surface area contributed by atoms with Crippen molar-refractivity contribution in [3.8, 4) is 73.0 Å². The van der Waals surface area contributed by atoms with Crippen molar-refractivity contribution in [3.63, 3.8) is 0 Å². The first-order chi connectivity index (χ1) is 41.3. The van der Waals surface area contributed by atoms with E-state index < -0.39 is 0 Å². The molecule has 12 aromatic rings. The van der Waals surface area contributed by atoms with Crippen molar-refractivity contribution in [1.29, 1.82) is 0 Å². The molecule has 0 saturated carbocycles. The maximum atomic E-state index is 9.57. The molecular formula is C78H67N4OPt-3. The molecule has 0 amide bonds. The van der Waals surface area contributed by atoms with Crippen molar-refractivity contribution in [2.24, 2.45) is 0 Å². The Bertz CT molecular complexity index is 4560. The van der Waals surface area contributed by atoms with Gasteiger partial charge in [-0.2, -0.15) is 12.1 Å². The van der Waals surface area contributed by atoms with Crippen LogP contribution in [0.15, 0.2) is 237 Å². The average Bonchev–Trinajstić information content (AvgIpc) is 1.87. The molecule has 0 unspecified atom stereocenters. The van der Waals surface area contributed by atoms with Crippen LogP contribution in [0.5, 0.6) is 11.5 Å². The number of aromatic nitrogens is 2. The largest absolute Gasteiger partial charge is 0.509 e. The molecule has 1 aliphatic rings. The van der Waals surface area contributed by atoms with Gasteiger partial charge in [0, 0.05) is 79.4 Å². The summed E-state index contributed by atoms with van der Waals surface area (Å²) in [5.41, 5.74) is 18.7. The summed E-state index contributed by atoms with van der Waals surface area (Å²) in [5.74, 6) is 1.06. The van der Waals surface area contributed by atoms with Crippen LogP contribution in [0.3, 0.4) is 0 Å². The maximum absolute atomic E-state index is 9.57. The van der Waals surface area contributed by atoms with Gasteiger partial charge in [-0.25, -0.2) is 4.98 Å². The number of nitrogens with zero attached hydrogens (tertiary/aromatic N) is 4. The van der Waals surface area contributed by atoms with Gasteiger partial charge in [-0.05, 0) is 110 Å². The number of ether oxygens (including phenoxy) is 1. The Balaban J connectivity index is 0.00000739. The molecule has 0 atom stereocenters. The summed E-state index contributed by atoms with van der Waals surface area (Å²) >= 11 is 0. The third-order valence-corrected chi connectivity index (χ3v) is 16.0. The third kappa shape index (κ3) is 10.7. The first-order valence-electron chi connectivity index (χ1n) is 30.1. The normalized spacial score (nSPS) is 13.1. The molecular weight excluding hydrogens is 1200 g/mol. The topological polar surface area (TPSA) is 33.5 Å². The van der Waals surface area contributed by atoms with Crippen molar-refractivity contribution in [3.05, 3.63) is 272 Å². The summed E-state index contributed by atoms with van der Waals surface area (Å²) in [6.45, 7) is 22.1. The minimum Gasteiger partial charge on any atom is -0.509 e. The molecule has 0 spiro atoms. The van der Waals surface area contributed by atoms with E-state index in [-0.39, 0.29) is 66.9 Å². The maximum Gasteiger partial charge on any atom is 0.135 e. The number of rotatable bonds is 10. The second-order valence-electron chi connectivity index (χ2n) is 24.8. The smallest absolute Gasteiger partial charge is 0.135 e. The van der Waals surface area contributed by atoms with E-state index in [1.165, 1.54) is 11.1 Å². The van der Waals surface area contributed by atoms with Crippen LogP contribution in [0.2, 0.25) is 0 Å². The average molecular weight is 1270 g/mol. The molecule has 84 heavy (non-hydrogen) atoms. The molecule has 2 aromatic heterocycles. The summed E-state index contributed by atoms with van der Waals surface area (Å²) in [6.07, 6.45) is 1.98. The van der Waals surface area contributed by atoms with Crippen LogP contribution in [0, 0.1) is 18.8 Å². The van der Waals surface area contributed by atoms with Gasteiger partial charge in [-0.3, -0.25) is 0 Å². The number of fused-ring (bicyclic) bond motifs is 4. The van der Waals surface area contributed by atoms with Crippen LogP contribution in [0.4, 0.5) is 22.7 Å². The number of anilines is 4. The van der Waals surface area contributed by atoms with Gasteiger partial charge >= 0.3 is 0 Å². The molecule has 0 N–H and O–H groups in total. The summed E-state index contributed by atoms with van der Waals surface area (Å²) in [6, 6.07) is 80.8. The second kappa shape index (κ2) is 22.1. The first kappa shape index (κ1) is 52.1. The van der Waals surface area contributed by atoms with Crippen molar-refractivity contribution >= 4 is 44.6 Å². The van der Waals surface area contributed by atoms with Crippen LogP contribution in [0.25, 0.3) is 83.3 Å². The van der Waals surface area contributed by atoms with Crippen LogP contribution >= 0.6 is 0 Å². The van der Waals surface area contributed by atoms with Crippen molar-refractivity contribution < 1.29 is 29.9 Å². The zero-order valence-corrected chi connectivity index (χ0v) is 51.1. The predicted molar refractivity (Wildman–Crippen MR) is 348 cm³/mol. The number of para-hydroxylation sites is 3. The molecule has 5 nitrogen and oxygen atoms in total. The molecule has 0 radical (unpaired) electrons. The summed E-state index contributed by atoms with van der Waals surface area (Å²) in [4.78, 5) is 9.31. The minimum absolute atomic E-state index is 0. The van der Waals surface area contributed by atoms with E-state index in [0.29, 0.717) is 5.75 Å². The summed E-state index contributed by atoms with van der Waals surface area (Å²) < 4.78 is 37.2. The van der Waals surface area contributed by atoms with Crippen LogP contribution in [0.1, 0.15) is 83.1 Å². The quantitative estimate of drug-likeness (QED) is 0.128. The van der Waals surface area contributed by atoms with Gasteiger partial charge in [0.2, 0.25) is 0 Å². The van der Waals surface area contributed by atoms with Crippen molar-refractivity contribution in [2.45, 2.75) is 78.6 Å². The zero-order valence-electron chi connectivity index (χ0n) is 51.9. The molecule has 13 rings (SSSR count). The molecule has 0 fully saturated rings. The molecule has 1 aliphatic heterocycles. The van der Waals surface area contributed by atoms with Gasteiger partial charge < -0.3 is 19.1 Å². The van der Waals surface area contributed by atoms with E-state index in [0.717, 1.165) is 106 Å². The molecule has 418 valence electrons. The molecule has 0 saturated heterocycles. The molecule has 0 aliphatic carbocycles. The fraction of sp³-hybridized carbons (Fsp3) is 0.154. The Morgan fingerprint density at radius 3 is 1.67 bits per heavy atom. The van der Waals surface area contributed by atoms with E-state index in [9.17, 15) is 4.11 Å². The Labute approximate surface area is 514 Å². The molecule has 10 aromatic carbocycles. The molecule has 0 bridgehead atoms. The standard InChI is InChI=1S/C78H67N4O.Pt/c1-76(2,3)59-38-33-53(34-39-59)57-37-44-70-67(46-57)66-43-42-63(48-73(66)82(70)74-49-69(78(7,8)9)68(50-79-74)54-23-14-11-15-24-54)83-62-28-19-27-61(47-62)80-51-81(72-32-17-16-31-71(72)80)75-64(55-35-40-60(41-36-55)77(4,5)6)29-20-30-65(75)58-26-18-25-56(45-58)52-21-12-10-13-22-52;/h10-46,49-51H,1-9H3;/q-3;/i19D,27D,28D;. The van der Waals surface area contributed by atoms with Gasteiger partial charge in [0.15, 0.2) is 0 Å². The number of hydrogen-bond donors (Lipinski definition) is 0. The van der Waals surface area contributed by atoms with Gasteiger partial charge in [0.25, 0.3) is 0 Å². The van der Waals surface area contributed by atoms with E-state index in [2.05, 4.69) is 254 Å². The Morgan fingerprint density at radius 1 is 0.452 bits per heavy atom. The van der Waals surface area contributed by atoms with E-state index in [4.69, 9.17) is 9.72 Å². The van der Waals surface area contributed by atoms with Crippen molar-refractivity contribution in [2.75, 3.05) is 9.80 Å². The van der Waals surface area contributed by atoms with Gasteiger partial charge in [-0.15, -0.1) is 48.0 Å². The van der Waals surface area contributed by atoms with Gasteiger partial charge in [-0.1, -0.05) is 238 Å². The molecule has 3 heterocycles. The van der Waals surface area contributed by atoms with Gasteiger partial charge in [0.1, 0.15) is 5.82 Å². The van der Waals surface area contributed by atoms with Crippen molar-refractivity contribution in [1.82, 2.24) is 9.55 Å². The summed E-state index contributed by atoms with van der Waals surface area (Å²) in [7, 11) is 0. The monoisotopic (exact) mass is 1270 g/mol. The fourth-order valence-corrected chi connectivity index (χ4v) is 11.6. The fourth-order valence-electron chi connectivity index (χ4n) is 11.6.